The topological polar surface area (TPSA) is 29.5 Å². The standard InChI is InChI=1S/C22H37NO2/c1-14-5-7-16-15(13-14)6-8-18-17(16)11-12-22(2)19(18)9-10-20(22)21(24)23(3)25-4/h14-20H,5-13H2,1-4H3/t14?,15?,16?,17?,18?,19?,20?,22-/m0/s1. The van der Waals surface area contributed by atoms with Crippen LogP contribution in [0, 0.1) is 46.8 Å². The molecule has 25 heavy (non-hydrogen) atoms. The number of hydroxylamine groups is 2. The first-order valence-electron chi connectivity index (χ1n) is 10.8. The number of rotatable bonds is 2. The van der Waals surface area contributed by atoms with E-state index in [0.717, 1.165) is 41.9 Å². The number of nitrogens with zero attached hydrogens (tertiary/aromatic N) is 1. The quantitative estimate of drug-likeness (QED) is 0.664. The third-order valence-electron chi connectivity index (χ3n) is 9.10. The predicted molar refractivity (Wildman–Crippen MR) is 99.5 cm³/mol. The molecule has 0 aromatic carbocycles. The van der Waals surface area contributed by atoms with Crippen LogP contribution in [-0.4, -0.2) is 25.1 Å². The first-order chi connectivity index (χ1) is 12.0. The molecule has 4 saturated carbocycles. The van der Waals surface area contributed by atoms with Crippen LogP contribution in [0.5, 0.6) is 0 Å². The predicted octanol–water partition coefficient (Wildman–Crippen LogP) is 4.91. The summed E-state index contributed by atoms with van der Waals surface area (Å²) in [5.74, 6) is 5.95. The van der Waals surface area contributed by atoms with Crippen molar-refractivity contribution in [1.82, 2.24) is 5.06 Å². The van der Waals surface area contributed by atoms with Gasteiger partial charge in [-0.3, -0.25) is 9.63 Å². The van der Waals surface area contributed by atoms with Crippen LogP contribution in [0.2, 0.25) is 0 Å². The highest BCUT2D eigenvalue weighted by molar-refractivity contribution is 5.79. The van der Waals surface area contributed by atoms with Crippen molar-refractivity contribution in [3.8, 4) is 0 Å². The number of amides is 1. The maximum atomic E-state index is 12.9. The molecule has 142 valence electrons. The van der Waals surface area contributed by atoms with E-state index in [1.54, 1.807) is 14.2 Å². The second-order valence-electron chi connectivity index (χ2n) is 10.0. The molecular formula is C22H37NO2. The first kappa shape index (κ1) is 17.8. The van der Waals surface area contributed by atoms with E-state index in [1.807, 2.05) is 0 Å². The van der Waals surface area contributed by atoms with Crippen molar-refractivity contribution in [1.29, 1.82) is 0 Å². The normalized spacial score (nSPS) is 49.0. The molecule has 8 atom stereocenters. The second kappa shape index (κ2) is 6.55. The molecule has 4 aliphatic carbocycles. The van der Waals surface area contributed by atoms with Crippen LogP contribution in [0.1, 0.15) is 71.6 Å². The molecule has 4 fully saturated rings. The third kappa shape index (κ3) is 2.76. The summed E-state index contributed by atoms with van der Waals surface area (Å²) in [6, 6.07) is 0. The molecule has 0 N–H and O–H groups in total. The van der Waals surface area contributed by atoms with Crippen LogP contribution in [0.3, 0.4) is 0 Å². The maximum Gasteiger partial charge on any atom is 0.249 e. The number of carbonyl (C=O) groups excluding carboxylic acids is 1. The molecule has 7 unspecified atom stereocenters. The van der Waals surface area contributed by atoms with E-state index >= 15 is 0 Å². The zero-order valence-electron chi connectivity index (χ0n) is 16.7. The summed E-state index contributed by atoms with van der Waals surface area (Å²) >= 11 is 0. The van der Waals surface area contributed by atoms with Crippen LogP contribution in [0.15, 0.2) is 0 Å². The number of hydrogen-bond donors (Lipinski definition) is 0. The lowest BCUT2D eigenvalue weighted by molar-refractivity contribution is -0.179. The van der Waals surface area contributed by atoms with E-state index in [4.69, 9.17) is 4.84 Å². The number of hydrogen-bond acceptors (Lipinski definition) is 2. The van der Waals surface area contributed by atoms with Gasteiger partial charge < -0.3 is 0 Å². The van der Waals surface area contributed by atoms with Gasteiger partial charge in [0.2, 0.25) is 5.91 Å². The van der Waals surface area contributed by atoms with Crippen LogP contribution in [0.4, 0.5) is 0 Å². The van der Waals surface area contributed by atoms with E-state index in [0.29, 0.717) is 0 Å². The van der Waals surface area contributed by atoms with Gasteiger partial charge in [-0.05, 0) is 92.3 Å². The van der Waals surface area contributed by atoms with E-state index < -0.39 is 0 Å². The summed E-state index contributed by atoms with van der Waals surface area (Å²) in [5, 5.41) is 1.48. The summed E-state index contributed by atoms with van der Waals surface area (Å²) < 4.78 is 0. The van der Waals surface area contributed by atoms with Gasteiger partial charge in [0.25, 0.3) is 0 Å². The highest BCUT2D eigenvalue weighted by Crippen LogP contribution is 2.64. The molecular weight excluding hydrogens is 310 g/mol. The first-order valence-corrected chi connectivity index (χ1v) is 10.8. The van der Waals surface area contributed by atoms with Crippen LogP contribution < -0.4 is 0 Å². The molecule has 4 aliphatic rings. The van der Waals surface area contributed by atoms with Gasteiger partial charge in [-0.2, -0.15) is 0 Å². The van der Waals surface area contributed by atoms with Crippen molar-refractivity contribution >= 4 is 5.91 Å². The maximum absolute atomic E-state index is 12.9. The van der Waals surface area contributed by atoms with Gasteiger partial charge in [0, 0.05) is 13.0 Å². The lowest BCUT2D eigenvalue weighted by Gasteiger charge is -2.56. The number of fused-ring (bicyclic) bond motifs is 5. The van der Waals surface area contributed by atoms with Gasteiger partial charge in [0.05, 0.1) is 7.11 Å². The van der Waals surface area contributed by atoms with Crippen LogP contribution in [-0.2, 0) is 9.63 Å². The molecule has 0 aliphatic heterocycles. The minimum absolute atomic E-state index is 0.174. The Morgan fingerprint density at radius 1 is 1.00 bits per heavy atom. The average molecular weight is 348 g/mol. The van der Waals surface area contributed by atoms with Gasteiger partial charge in [-0.25, -0.2) is 5.06 Å². The summed E-state index contributed by atoms with van der Waals surface area (Å²) in [6.07, 6.45) is 12.3. The van der Waals surface area contributed by atoms with Gasteiger partial charge in [-0.15, -0.1) is 0 Å². The van der Waals surface area contributed by atoms with Crippen molar-refractivity contribution < 1.29 is 9.63 Å². The summed E-state index contributed by atoms with van der Waals surface area (Å²) in [7, 11) is 3.38. The highest BCUT2D eigenvalue weighted by atomic mass is 16.7. The van der Waals surface area contributed by atoms with E-state index in [-0.39, 0.29) is 17.2 Å². The SMILES string of the molecule is CON(C)C(=O)C1CCC2C3CCC4CC(C)CCC4C3CC[C@]12C. The van der Waals surface area contributed by atoms with E-state index in [1.165, 1.54) is 56.4 Å². The fraction of sp³-hybridized carbons (Fsp3) is 0.955. The Morgan fingerprint density at radius 2 is 1.76 bits per heavy atom. The largest absolute Gasteiger partial charge is 0.275 e. The zero-order valence-corrected chi connectivity index (χ0v) is 16.7. The Bertz CT molecular complexity index is 520. The third-order valence-corrected chi connectivity index (χ3v) is 9.10. The number of carbonyl (C=O) groups is 1. The molecule has 0 bridgehead atoms. The van der Waals surface area contributed by atoms with Crippen molar-refractivity contribution in [2.75, 3.05) is 14.2 Å². The molecule has 0 heterocycles. The molecule has 0 spiro atoms. The van der Waals surface area contributed by atoms with E-state index in [9.17, 15) is 4.79 Å². The van der Waals surface area contributed by atoms with Gasteiger partial charge in [0.15, 0.2) is 0 Å². The minimum Gasteiger partial charge on any atom is -0.275 e. The lowest BCUT2D eigenvalue weighted by Crippen LogP contribution is -2.50. The Morgan fingerprint density at radius 3 is 2.52 bits per heavy atom. The van der Waals surface area contributed by atoms with E-state index in [2.05, 4.69) is 13.8 Å². The molecule has 0 aromatic rings. The smallest absolute Gasteiger partial charge is 0.249 e. The van der Waals surface area contributed by atoms with Gasteiger partial charge in [-0.1, -0.05) is 20.3 Å². The Labute approximate surface area is 153 Å². The van der Waals surface area contributed by atoms with Crippen molar-refractivity contribution in [2.45, 2.75) is 71.6 Å². The monoisotopic (exact) mass is 347 g/mol. The Balaban J connectivity index is 1.53. The highest BCUT2D eigenvalue weighted by Gasteiger charge is 2.58. The summed E-state index contributed by atoms with van der Waals surface area (Å²) in [5.41, 5.74) is 0.208. The van der Waals surface area contributed by atoms with Gasteiger partial charge >= 0.3 is 0 Å². The second-order valence-corrected chi connectivity index (χ2v) is 10.0. The van der Waals surface area contributed by atoms with Crippen molar-refractivity contribution in [3.05, 3.63) is 0 Å². The Kier molecular flexibility index (Phi) is 4.67. The molecule has 0 aromatic heterocycles. The zero-order chi connectivity index (χ0) is 17.8. The molecule has 0 radical (unpaired) electrons. The molecule has 1 amide bonds. The minimum atomic E-state index is 0.174. The van der Waals surface area contributed by atoms with Crippen LogP contribution in [0.25, 0.3) is 0 Å². The molecule has 3 nitrogen and oxygen atoms in total. The molecule has 0 saturated heterocycles. The van der Waals surface area contributed by atoms with Crippen LogP contribution >= 0.6 is 0 Å². The fourth-order valence-electron chi connectivity index (χ4n) is 7.80. The average Bonchev–Trinajstić information content (AvgIpc) is 2.97. The van der Waals surface area contributed by atoms with Crippen molar-refractivity contribution in [2.24, 2.45) is 46.8 Å². The van der Waals surface area contributed by atoms with Crippen molar-refractivity contribution in [3.63, 3.8) is 0 Å². The van der Waals surface area contributed by atoms with Gasteiger partial charge in [0.1, 0.15) is 0 Å². The summed E-state index contributed by atoms with van der Waals surface area (Å²) in [4.78, 5) is 18.1. The Hall–Kier alpha value is -0.570. The lowest BCUT2D eigenvalue weighted by atomic mass is 9.49. The molecule has 3 heteroatoms. The molecule has 4 rings (SSSR count). The summed E-state index contributed by atoms with van der Waals surface area (Å²) in [6.45, 7) is 4.89. The fourth-order valence-corrected chi connectivity index (χ4v) is 7.80.